The molecule has 0 aromatic carbocycles. The first kappa shape index (κ1) is 5.82. The summed E-state index contributed by atoms with van der Waals surface area (Å²) in [6, 6.07) is 0. The molecule has 104 valence electrons. The molecule has 0 spiro atoms. The van der Waals surface area contributed by atoms with E-state index >= 15 is 0 Å². The summed E-state index contributed by atoms with van der Waals surface area (Å²) in [5.74, 6) is -3.66. The van der Waals surface area contributed by atoms with Gasteiger partial charge in [0.15, 0.2) is 0 Å². The van der Waals surface area contributed by atoms with Gasteiger partial charge in [-0.25, -0.2) is 0 Å². The first-order chi connectivity index (χ1) is 13.1. The average Bonchev–Trinajstić information content (AvgIpc) is 2.73. The summed E-state index contributed by atoms with van der Waals surface area (Å²) in [4.78, 5) is 7.44. The van der Waals surface area contributed by atoms with Gasteiger partial charge in [-0.2, -0.15) is 0 Å². The van der Waals surface area contributed by atoms with Crippen molar-refractivity contribution in [3.63, 3.8) is 0 Å². The Bertz CT molecular complexity index is 808. The molecule has 0 saturated carbocycles. The molecule has 1 fully saturated rings. The Hall–Kier alpha value is -0.935. The summed E-state index contributed by atoms with van der Waals surface area (Å²) in [5.41, 5.74) is -2.85. The Labute approximate surface area is 131 Å². The van der Waals surface area contributed by atoms with Gasteiger partial charge in [-0.15, -0.1) is 0 Å². The number of rotatable bonds is 3. The van der Waals surface area contributed by atoms with E-state index in [9.17, 15) is 0 Å². The SMILES string of the molecule is [2H]c1nc(C([2H])([2H])C([2H])(C([2H])([2H])[2H])C([2H])([2H])[2H])c([2H])nc1B1OC(C)(C)C(C)(C)O1. The van der Waals surface area contributed by atoms with Gasteiger partial charge in [0.05, 0.1) is 25.2 Å². The monoisotopic (exact) mass is 273 g/mol. The molecular weight excluding hydrogens is 239 g/mol. The average molecular weight is 273 g/mol. The number of hydrogen-bond donors (Lipinski definition) is 0. The lowest BCUT2D eigenvalue weighted by Crippen LogP contribution is -2.41. The highest BCUT2D eigenvalue weighted by molar-refractivity contribution is 6.61. The molecule has 1 aliphatic rings. The minimum Gasteiger partial charge on any atom is -0.398 e. The number of aromatic nitrogens is 2. The van der Waals surface area contributed by atoms with Crippen molar-refractivity contribution in [1.82, 2.24) is 9.97 Å². The van der Waals surface area contributed by atoms with Crippen molar-refractivity contribution in [2.45, 2.75) is 59.0 Å². The lowest BCUT2D eigenvalue weighted by molar-refractivity contribution is 0.00578. The fourth-order valence-corrected chi connectivity index (χ4v) is 1.51. The summed E-state index contributed by atoms with van der Waals surface area (Å²) < 4.78 is 97.0. The Kier molecular flexibility index (Phi) is 1.49. The molecule has 5 heteroatoms. The second-order valence-corrected chi connectivity index (χ2v) is 5.27. The van der Waals surface area contributed by atoms with Crippen molar-refractivity contribution >= 4 is 12.7 Å². The second-order valence-electron chi connectivity index (χ2n) is 5.27. The molecule has 0 N–H and O–H groups in total. The van der Waals surface area contributed by atoms with Gasteiger partial charge in [-0.3, -0.25) is 9.97 Å². The van der Waals surface area contributed by atoms with Crippen LogP contribution < -0.4 is 5.59 Å². The Morgan fingerprint density at radius 3 is 2.53 bits per heavy atom. The molecule has 19 heavy (non-hydrogen) atoms. The third kappa shape index (κ3) is 2.98. The van der Waals surface area contributed by atoms with Crippen molar-refractivity contribution in [2.75, 3.05) is 0 Å². The first-order valence-corrected chi connectivity index (χ1v) is 5.81. The van der Waals surface area contributed by atoms with Gasteiger partial charge >= 0.3 is 7.12 Å². The summed E-state index contributed by atoms with van der Waals surface area (Å²) in [6.07, 6.45) is -5.05. The maximum absolute atomic E-state index is 8.17. The van der Waals surface area contributed by atoms with Gasteiger partial charge in [0.2, 0.25) is 0 Å². The molecule has 2 heterocycles. The van der Waals surface area contributed by atoms with Crippen LogP contribution in [0.4, 0.5) is 0 Å². The maximum atomic E-state index is 8.17. The minimum atomic E-state index is -3.66. The zero-order valence-corrected chi connectivity index (χ0v) is 11.3. The molecule has 0 radical (unpaired) electrons. The van der Waals surface area contributed by atoms with E-state index in [1.807, 2.05) is 0 Å². The predicted molar refractivity (Wildman–Crippen MR) is 76.3 cm³/mol. The van der Waals surface area contributed by atoms with Crippen molar-refractivity contribution in [3.05, 3.63) is 18.0 Å². The Morgan fingerprint density at radius 1 is 1.32 bits per heavy atom. The van der Waals surface area contributed by atoms with Gasteiger partial charge in [0.25, 0.3) is 0 Å². The van der Waals surface area contributed by atoms with Crippen LogP contribution in [0.2, 0.25) is 0 Å². The molecule has 0 atom stereocenters. The molecule has 0 bridgehead atoms. The van der Waals surface area contributed by atoms with Gasteiger partial charge < -0.3 is 9.31 Å². The summed E-state index contributed by atoms with van der Waals surface area (Å²) in [5, 5.41) is 0. The van der Waals surface area contributed by atoms with Crippen LogP contribution in [-0.2, 0) is 15.7 Å². The fraction of sp³-hybridized carbons (Fsp3) is 0.714. The fourth-order valence-electron chi connectivity index (χ4n) is 1.51. The van der Waals surface area contributed by atoms with E-state index in [1.165, 1.54) is 0 Å². The van der Waals surface area contributed by atoms with Crippen LogP contribution in [0.15, 0.2) is 12.3 Å². The molecule has 1 aromatic rings. The first-order valence-electron chi connectivity index (χ1n) is 11.3. The summed E-state index contributed by atoms with van der Waals surface area (Å²) >= 11 is 0. The van der Waals surface area contributed by atoms with Crippen LogP contribution >= 0.6 is 0 Å². The number of nitrogens with zero attached hydrogens (tertiary/aromatic N) is 2. The smallest absolute Gasteiger partial charge is 0.398 e. The predicted octanol–water partition coefficient (Wildman–Crippen LogP) is 1.97. The van der Waals surface area contributed by atoms with Crippen molar-refractivity contribution in [2.24, 2.45) is 5.89 Å². The van der Waals surface area contributed by atoms with Gasteiger partial charge in [-0.1, -0.05) is 13.7 Å². The van der Waals surface area contributed by atoms with E-state index in [0.29, 0.717) is 0 Å². The molecular formula is C14H23BN2O2. The van der Waals surface area contributed by atoms with E-state index in [0.717, 1.165) is 0 Å². The van der Waals surface area contributed by atoms with Crippen molar-refractivity contribution < 1.29 is 24.4 Å². The van der Waals surface area contributed by atoms with E-state index in [4.69, 9.17) is 24.4 Å². The lowest BCUT2D eigenvalue weighted by atomic mass is 9.85. The van der Waals surface area contributed by atoms with Gasteiger partial charge in [0, 0.05) is 24.7 Å². The van der Waals surface area contributed by atoms with E-state index in [2.05, 4.69) is 9.97 Å². The second kappa shape index (κ2) is 4.87. The molecule has 1 aromatic heterocycles. The highest BCUT2D eigenvalue weighted by Gasteiger charge is 2.52. The third-order valence-corrected chi connectivity index (χ3v) is 3.28. The summed E-state index contributed by atoms with van der Waals surface area (Å²) in [6.45, 7) is -0.191. The van der Waals surface area contributed by atoms with Crippen molar-refractivity contribution in [3.8, 4) is 0 Å². The van der Waals surface area contributed by atoms with Crippen LogP contribution in [0.5, 0.6) is 0 Å². The minimum absolute atomic E-state index is 0.239. The maximum Gasteiger partial charge on any atom is 0.516 e. The van der Waals surface area contributed by atoms with Crippen LogP contribution in [0.1, 0.15) is 62.2 Å². The standard InChI is InChI=1S/C14H23BN2O2/c1-10(2)7-11-8-17-12(9-16-11)15-18-13(3,4)14(5,6)19-15/h8-10H,7H2,1-6H3/i1D3,2D3,7D2,8D,9D,10D. The highest BCUT2D eigenvalue weighted by Crippen LogP contribution is 2.36. The topological polar surface area (TPSA) is 44.2 Å². The van der Waals surface area contributed by atoms with Crippen LogP contribution in [0, 0.1) is 5.89 Å². The van der Waals surface area contributed by atoms with Gasteiger partial charge in [0.1, 0.15) is 0 Å². The Morgan fingerprint density at radius 2 is 1.95 bits per heavy atom. The highest BCUT2D eigenvalue weighted by atomic mass is 16.7. The van der Waals surface area contributed by atoms with Crippen LogP contribution in [-0.4, -0.2) is 28.3 Å². The quantitative estimate of drug-likeness (QED) is 0.790. The van der Waals surface area contributed by atoms with E-state index < -0.39 is 62.3 Å². The molecule has 0 unspecified atom stereocenters. The number of hydrogen-bond acceptors (Lipinski definition) is 4. The van der Waals surface area contributed by atoms with E-state index in [-0.39, 0.29) is 5.59 Å². The van der Waals surface area contributed by atoms with Crippen LogP contribution in [0.3, 0.4) is 0 Å². The molecule has 1 saturated heterocycles. The zero-order valence-electron chi connectivity index (χ0n) is 22.3. The zero-order chi connectivity index (χ0) is 23.7. The lowest BCUT2D eigenvalue weighted by Gasteiger charge is -2.32. The van der Waals surface area contributed by atoms with E-state index in [1.54, 1.807) is 27.7 Å². The molecule has 0 aliphatic carbocycles. The molecule has 0 amide bonds. The van der Waals surface area contributed by atoms with Gasteiger partial charge in [-0.05, 0) is 40.0 Å². The van der Waals surface area contributed by atoms with Crippen LogP contribution in [0.25, 0.3) is 0 Å². The molecule has 4 nitrogen and oxygen atoms in total. The molecule has 2 rings (SSSR count). The molecule has 1 aliphatic heterocycles. The largest absolute Gasteiger partial charge is 0.516 e. The Balaban J connectivity index is 2.61. The third-order valence-electron chi connectivity index (χ3n) is 3.28. The van der Waals surface area contributed by atoms with Crippen molar-refractivity contribution in [1.29, 1.82) is 0 Å². The normalized spacial score (nSPS) is 32.2. The summed E-state index contributed by atoms with van der Waals surface area (Å²) in [7, 11) is -1.19.